The predicted molar refractivity (Wildman–Crippen MR) is 114 cm³/mol. The number of amides is 2. The Kier molecular flexibility index (Phi) is 5.17. The summed E-state index contributed by atoms with van der Waals surface area (Å²) in [7, 11) is 0. The van der Waals surface area contributed by atoms with Crippen LogP contribution in [-0.2, 0) is 14.4 Å². The maximum Gasteiger partial charge on any atom is 0.298 e. The number of fused-ring (bicyclic) bond motifs is 3. The monoisotopic (exact) mass is 436 g/mol. The van der Waals surface area contributed by atoms with Crippen LogP contribution in [0.15, 0.2) is 24.3 Å². The number of piperazine rings is 1. The number of rotatable bonds is 7. The zero-order valence-corrected chi connectivity index (χ0v) is 18.4. The number of likely N-dealkylation sites (tertiary alicyclic amines) is 3. The molecule has 3 saturated heterocycles. The van der Waals surface area contributed by atoms with Crippen LogP contribution < -0.4 is 4.74 Å². The van der Waals surface area contributed by atoms with Gasteiger partial charge in [-0.2, -0.15) is 5.26 Å². The standard InChI is InChI=1S/C24H28N4O4/c1-14(23(30)28-18(10-25)7-17-8-21(17)28)11-26-12-19-9-22(26)24(31)27(19)15(2)16-3-5-20(6-4-16)32-13-29/h3-6,13-15,17-19,21-22H,7-9,11-12H2,1-2H3/t14-,15-,17+,18-,19+,21?,22+/m0/s1. The van der Waals surface area contributed by atoms with Gasteiger partial charge in [0.15, 0.2) is 0 Å². The molecule has 1 saturated carbocycles. The first-order chi connectivity index (χ1) is 15.4. The van der Waals surface area contributed by atoms with E-state index in [1.807, 2.05) is 35.8 Å². The quantitative estimate of drug-likeness (QED) is 0.604. The van der Waals surface area contributed by atoms with Crippen molar-refractivity contribution in [2.24, 2.45) is 11.8 Å². The highest BCUT2D eigenvalue weighted by molar-refractivity contribution is 5.86. The van der Waals surface area contributed by atoms with Crippen LogP contribution in [0.4, 0.5) is 0 Å². The molecule has 8 nitrogen and oxygen atoms in total. The van der Waals surface area contributed by atoms with Crippen LogP contribution in [0.2, 0.25) is 0 Å². The minimum atomic E-state index is -0.287. The van der Waals surface area contributed by atoms with Gasteiger partial charge in [-0.15, -0.1) is 0 Å². The van der Waals surface area contributed by atoms with E-state index in [1.165, 1.54) is 0 Å². The molecule has 0 aromatic heterocycles. The number of carbonyl (C=O) groups excluding carboxylic acids is 3. The molecule has 1 aromatic carbocycles. The Bertz CT molecular complexity index is 973. The third-order valence-corrected chi connectivity index (χ3v) is 7.72. The van der Waals surface area contributed by atoms with Gasteiger partial charge >= 0.3 is 0 Å². The average Bonchev–Trinajstić information content (AvgIpc) is 3.12. The van der Waals surface area contributed by atoms with Crippen LogP contribution >= 0.6 is 0 Å². The van der Waals surface area contributed by atoms with Crippen LogP contribution in [0.3, 0.4) is 0 Å². The van der Waals surface area contributed by atoms with Crippen molar-refractivity contribution in [3.63, 3.8) is 0 Å². The Morgan fingerprint density at radius 3 is 2.66 bits per heavy atom. The summed E-state index contributed by atoms with van der Waals surface area (Å²) >= 11 is 0. The molecule has 1 unspecified atom stereocenters. The smallest absolute Gasteiger partial charge is 0.298 e. The maximum atomic E-state index is 13.2. The van der Waals surface area contributed by atoms with E-state index in [0.717, 1.165) is 31.4 Å². The highest BCUT2D eigenvalue weighted by Crippen LogP contribution is 2.48. The van der Waals surface area contributed by atoms with Crippen LogP contribution in [0.5, 0.6) is 5.75 Å². The van der Waals surface area contributed by atoms with Gasteiger partial charge in [-0.1, -0.05) is 19.1 Å². The SMILES string of the molecule is C[C@@H](CN1C[C@H]2C[C@@H]1C(=O)N2[C@@H](C)c1ccc(OC=O)cc1)C(=O)N1C2C[C@H]2C[C@H]1C#N. The molecule has 3 heterocycles. The molecular formula is C24H28N4O4. The van der Waals surface area contributed by atoms with Gasteiger partial charge in [-0.3, -0.25) is 19.3 Å². The van der Waals surface area contributed by atoms with E-state index in [9.17, 15) is 19.6 Å². The van der Waals surface area contributed by atoms with Gasteiger partial charge in [-0.25, -0.2) is 0 Å². The Hall–Kier alpha value is -2.92. The molecule has 0 spiro atoms. The minimum Gasteiger partial charge on any atom is -0.429 e. The third-order valence-electron chi connectivity index (χ3n) is 7.72. The van der Waals surface area contributed by atoms with Crippen LogP contribution in [0, 0.1) is 23.2 Å². The second-order valence-corrected chi connectivity index (χ2v) is 9.65. The lowest BCUT2D eigenvalue weighted by molar-refractivity contribution is -0.142. The number of benzene rings is 1. The summed E-state index contributed by atoms with van der Waals surface area (Å²) < 4.78 is 4.85. The zero-order valence-electron chi connectivity index (χ0n) is 18.4. The van der Waals surface area contributed by atoms with Gasteiger partial charge in [-0.05, 0) is 49.8 Å². The van der Waals surface area contributed by atoms with Crippen molar-refractivity contribution in [2.75, 3.05) is 13.1 Å². The first-order valence-corrected chi connectivity index (χ1v) is 11.4. The second-order valence-electron chi connectivity index (χ2n) is 9.65. The topological polar surface area (TPSA) is 93.9 Å². The second kappa shape index (κ2) is 7.89. The lowest BCUT2D eigenvalue weighted by atomic mass is 10.0. The van der Waals surface area contributed by atoms with E-state index in [2.05, 4.69) is 11.0 Å². The number of ether oxygens (including phenoxy) is 1. The zero-order chi connectivity index (χ0) is 22.6. The fourth-order valence-electron chi connectivity index (χ4n) is 6.01. The molecule has 168 valence electrons. The first-order valence-electron chi connectivity index (χ1n) is 11.4. The molecule has 2 amide bonds. The Morgan fingerprint density at radius 1 is 1.25 bits per heavy atom. The molecule has 7 atom stereocenters. The van der Waals surface area contributed by atoms with E-state index >= 15 is 0 Å². The molecule has 4 fully saturated rings. The Morgan fingerprint density at radius 2 is 2.00 bits per heavy atom. The maximum absolute atomic E-state index is 13.2. The summed E-state index contributed by atoms with van der Waals surface area (Å²) in [4.78, 5) is 42.7. The molecule has 4 aliphatic rings. The average molecular weight is 437 g/mol. The lowest BCUT2D eigenvalue weighted by Crippen LogP contribution is -2.53. The predicted octanol–water partition coefficient (Wildman–Crippen LogP) is 1.72. The molecule has 1 aromatic rings. The van der Waals surface area contributed by atoms with Gasteiger partial charge in [0.05, 0.1) is 18.2 Å². The number of carbonyl (C=O) groups is 3. The van der Waals surface area contributed by atoms with Gasteiger partial charge in [0, 0.05) is 31.1 Å². The number of nitrogens with zero attached hydrogens (tertiary/aromatic N) is 4. The fraction of sp³-hybridized carbons (Fsp3) is 0.583. The van der Waals surface area contributed by atoms with Crippen molar-refractivity contribution in [2.45, 2.75) is 63.3 Å². The summed E-state index contributed by atoms with van der Waals surface area (Å²) in [6.07, 6.45) is 2.62. The van der Waals surface area contributed by atoms with Gasteiger partial charge in [0.1, 0.15) is 11.8 Å². The first kappa shape index (κ1) is 21.0. The molecule has 32 heavy (non-hydrogen) atoms. The van der Waals surface area contributed by atoms with Crippen molar-refractivity contribution < 1.29 is 19.1 Å². The van der Waals surface area contributed by atoms with Crippen molar-refractivity contribution >= 4 is 18.3 Å². The van der Waals surface area contributed by atoms with Crippen molar-refractivity contribution in [3.8, 4) is 11.8 Å². The molecular weight excluding hydrogens is 408 g/mol. The number of hydrogen-bond donors (Lipinski definition) is 0. The number of nitriles is 1. The largest absolute Gasteiger partial charge is 0.429 e. The van der Waals surface area contributed by atoms with E-state index in [-0.39, 0.29) is 47.9 Å². The number of piperidine rings is 1. The molecule has 3 aliphatic heterocycles. The highest BCUT2D eigenvalue weighted by Gasteiger charge is 2.55. The normalized spacial score (nSPS) is 32.4. The van der Waals surface area contributed by atoms with E-state index in [1.54, 1.807) is 12.1 Å². The molecule has 2 bridgehead atoms. The van der Waals surface area contributed by atoms with Crippen molar-refractivity contribution in [1.29, 1.82) is 5.26 Å². The summed E-state index contributed by atoms with van der Waals surface area (Å²) in [6.45, 7) is 5.66. The molecule has 0 radical (unpaired) electrons. The van der Waals surface area contributed by atoms with Crippen LogP contribution in [0.25, 0.3) is 0 Å². The van der Waals surface area contributed by atoms with Crippen molar-refractivity contribution in [3.05, 3.63) is 29.8 Å². The molecule has 8 heteroatoms. The van der Waals surface area contributed by atoms with E-state index in [4.69, 9.17) is 4.74 Å². The fourth-order valence-corrected chi connectivity index (χ4v) is 6.01. The summed E-state index contributed by atoms with van der Waals surface area (Å²) in [5, 5.41) is 9.40. The Balaban J connectivity index is 1.21. The van der Waals surface area contributed by atoms with Gasteiger partial charge in [0.25, 0.3) is 6.47 Å². The lowest BCUT2D eigenvalue weighted by Gasteiger charge is -2.38. The van der Waals surface area contributed by atoms with Crippen molar-refractivity contribution in [1.82, 2.24) is 14.7 Å². The number of hydrogen-bond acceptors (Lipinski definition) is 6. The van der Waals surface area contributed by atoms with Gasteiger partial charge in [0.2, 0.25) is 11.8 Å². The van der Waals surface area contributed by atoms with E-state index < -0.39 is 0 Å². The molecule has 5 rings (SSSR count). The summed E-state index contributed by atoms with van der Waals surface area (Å²) in [6, 6.07) is 9.36. The minimum absolute atomic E-state index is 0.0552. The Labute approximate surface area is 187 Å². The van der Waals surface area contributed by atoms with Crippen LogP contribution in [-0.4, -0.2) is 70.2 Å². The molecule has 0 N–H and O–H groups in total. The highest BCUT2D eigenvalue weighted by atomic mass is 16.5. The summed E-state index contributed by atoms with van der Waals surface area (Å²) in [5.74, 6) is 0.923. The summed E-state index contributed by atoms with van der Waals surface area (Å²) in [5.41, 5.74) is 0.995. The third kappa shape index (κ3) is 3.36. The van der Waals surface area contributed by atoms with Gasteiger partial charge < -0.3 is 14.5 Å². The van der Waals surface area contributed by atoms with E-state index in [0.29, 0.717) is 24.7 Å². The van der Waals surface area contributed by atoms with Crippen LogP contribution in [0.1, 0.15) is 44.7 Å². The molecule has 1 aliphatic carbocycles.